The lowest BCUT2D eigenvalue weighted by atomic mass is 10.2. The van der Waals surface area contributed by atoms with E-state index in [1.54, 1.807) is 61.5 Å². The number of aryl methyl sites for hydroxylation is 1. The number of esters is 1. The highest BCUT2D eigenvalue weighted by Crippen LogP contribution is 2.29. The standard InChI is InChI=1S/C30H26ClN3O6S/c1-3-39-28-18-21(6-17-27(28)40-30(36)23-7-11-24(31)12-8-23)19-32-33-29(35)22-9-13-25(14-10-22)34-41(37,38)26-15-4-20(2)5-16-26/h4-19,34H,3H2,1-2H3,(H,33,35). The van der Waals surface area contributed by atoms with Gasteiger partial charge in [0.15, 0.2) is 11.5 Å². The summed E-state index contributed by atoms with van der Waals surface area (Å²) in [5.74, 6) is -0.502. The van der Waals surface area contributed by atoms with Crippen molar-refractivity contribution < 1.29 is 27.5 Å². The van der Waals surface area contributed by atoms with Crippen molar-refractivity contribution in [3.05, 3.63) is 118 Å². The molecule has 0 aliphatic heterocycles. The van der Waals surface area contributed by atoms with Crippen LogP contribution in [0, 0.1) is 6.92 Å². The SMILES string of the molecule is CCOc1cc(C=NNC(=O)c2ccc(NS(=O)(=O)c3ccc(C)cc3)cc2)ccc1OC(=O)c1ccc(Cl)cc1. The maximum Gasteiger partial charge on any atom is 0.343 e. The number of sulfonamides is 1. The summed E-state index contributed by atoms with van der Waals surface area (Å²) >= 11 is 5.87. The minimum atomic E-state index is -3.76. The van der Waals surface area contributed by atoms with Gasteiger partial charge in [0.25, 0.3) is 15.9 Å². The summed E-state index contributed by atoms with van der Waals surface area (Å²) in [6.45, 7) is 4.00. The van der Waals surface area contributed by atoms with Crippen LogP contribution in [0.2, 0.25) is 5.02 Å². The molecule has 0 fully saturated rings. The van der Waals surface area contributed by atoms with Crippen LogP contribution in [-0.2, 0) is 10.0 Å². The largest absolute Gasteiger partial charge is 0.490 e. The number of nitrogens with zero attached hydrogens (tertiary/aromatic N) is 1. The average molecular weight is 592 g/mol. The lowest BCUT2D eigenvalue weighted by molar-refractivity contribution is 0.0728. The maximum atomic E-state index is 12.6. The van der Waals surface area contributed by atoms with Gasteiger partial charge >= 0.3 is 5.97 Å². The number of hydrogen-bond acceptors (Lipinski definition) is 7. The number of carbonyl (C=O) groups excluding carboxylic acids is 2. The number of hydrogen-bond donors (Lipinski definition) is 2. The van der Waals surface area contributed by atoms with Gasteiger partial charge in [-0.15, -0.1) is 0 Å². The number of halogens is 1. The van der Waals surface area contributed by atoms with Crippen LogP contribution in [0.1, 0.15) is 38.8 Å². The van der Waals surface area contributed by atoms with E-state index < -0.39 is 21.9 Å². The summed E-state index contributed by atoms with van der Waals surface area (Å²) in [5, 5.41) is 4.49. The van der Waals surface area contributed by atoms with Gasteiger partial charge in [0.2, 0.25) is 0 Å². The van der Waals surface area contributed by atoms with Crippen molar-refractivity contribution in [3.63, 3.8) is 0 Å². The molecule has 0 aromatic heterocycles. The van der Waals surface area contributed by atoms with Gasteiger partial charge in [-0.2, -0.15) is 5.10 Å². The molecule has 0 aliphatic carbocycles. The molecule has 4 aromatic carbocycles. The smallest absolute Gasteiger partial charge is 0.343 e. The minimum absolute atomic E-state index is 0.138. The first kappa shape index (κ1) is 29.3. The van der Waals surface area contributed by atoms with Crippen molar-refractivity contribution in [2.75, 3.05) is 11.3 Å². The average Bonchev–Trinajstić information content (AvgIpc) is 2.95. The van der Waals surface area contributed by atoms with Crippen molar-refractivity contribution in [2.45, 2.75) is 18.7 Å². The fourth-order valence-electron chi connectivity index (χ4n) is 3.55. The lowest BCUT2D eigenvalue weighted by Gasteiger charge is -2.11. The maximum absolute atomic E-state index is 12.6. The van der Waals surface area contributed by atoms with E-state index in [1.165, 1.54) is 42.6 Å². The van der Waals surface area contributed by atoms with Gasteiger partial charge in [0, 0.05) is 16.3 Å². The topological polar surface area (TPSA) is 123 Å². The van der Waals surface area contributed by atoms with E-state index in [1.807, 2.05) is 6.92 Å². The third kappa shape index (κ3) is 7.93. The second-order valence-electron chi connectivity index (χ2n) is 8.73. The zero-order valence-corrected chi connectivity index (χ0v) is 23.7. The second-order valence-corrected chi connectivity index (χ2v) is 10.8. The Kier molecular flexibility index (Phi) is 9.38. The normalized spacial score (nSPS) is 11.2. The number of nitrogens with one attached hydrogen (secondary N) is 2. The van der Waals surface area contributed by atoms with Crippen LogP contribution in [0.15, 0.2) is 101 Å². The summed E-state index contributed by atoms with van der Waals surface area (Å²) in [7, 11) is -3.76. The van der Waals surface area contributed by atoms with Crippen molar-refractivity contribution in [3.8, 4) is 11.5 Å². The fourth-order valence-corrected chi connectivity index (χ4v) is 4.74. The molecule has 0 saturated heterocycles. The molecule has 0 saturated carbocycles. The Morgan fingerprint density at radius 1 is 0.878 bits per heavy atom. The Bertz CT molecular complexity index is 1670. The molecular formula is C30H26ClN3O6S. The van der Waals surface area contributed by atoms with Gasteiger partial charge < -0.3 is 9.47 Å². The van der Waals surface area contributed by atoms with Gasteiger partial charge in [-0.25, -0.2) is 18.6 Å². The molecule has 4 aromatic rings. The third-order valence-electron chi connectivity index (χ3n) is 5.66. The number of ether oxygens (including phenoxy) is 2. The number of benzene rings is 4. The molecule has 0 aliphatic rings. The van der Waals surface area contributed by atoms with Crippen LogP contribution in [0.3, 0.4) is 0 Å². The third-order valence-corrected chi connectivity index (χ3v) is 7.31. The van der Waals surface area contributed by atoms with Gasteiger partial charge in [-0.3, -0.25) is 9.52 Å². The van der Waals surface area contributed by atoms with Crippen molar-refractivity contribution >= 4 is 45.4 Å². The first-order valence-electron chi connectivity index (χ1n) is 12.4. The Hall–Kier alpha value is -4.67. The van der Waals surface area contributed by atoms with E-state index in [0.717, 1.165) is 5.56 Å². The molecule has 0 heterocycles. The predicted molar refractivity (Wildman–Crippen MR) is 158 cm³/mol. The van der Waals surface area contributed by atoms with E-state index in [4.69, 9.17) is 21.1 Å². The molecule has 9 nitrogen and oxygen atoms in total. The highest BCUT2D eigenvalue weighted by molar-refractivity contribution is 7.92. The zero-order chi connectivity index (χ0) is 29.4. The van der Waals surface area contributed by atoms with E-state index >= 15 is 0 Å². The van der Waals surface area contributed by atoms with Crippen molar-refractivity contribution in [1.82, 2.24) is 5.43 Å². The number of hydrazone groups is 1. The van der Waals surface area contributed by atoms with E-state index in [0.29, 0.717) is 34.2 Å². The molecule has 0 radical (unpaired) electrons. The van der Waals surface area contributed by atoms with Crippen LogP contribution in [0.4, 0.5) is 5.69 Å². The first-order valence-corrected chi connectivity index (χ1v) is 14.3. The lowest BCUT2D eigenvalue weighted by Crippen LogP contribution is -2.18. The van der Waals surface area contributed by atoms with Crippen LogP contribution in [0.5, 0.6) is 11.5 Å². The summed E-state index contributed by atoms with van der Waals surface area (Å²) in [6, 6.07) is 23.6. The van der Waals surface area contributed by atoms with Crippen LogP contribution < -0.4 is 19.6 Å². The zero-order valence-electron chi connectivity index (χ0n) is 22.1. The van der Waals surface area contributed by atoms with E-state index in [9.17, 15) is 18.0 Å². The molecule has 11 heteroatoms. The highest BCUT2D eigenvalue weighted by atomic mass is 35.5. The van der Waals surface area contributed by atoms with E-state index in [-0.39, 0.29) is 16.2 Å². The monoisotopic (exact) mass is 591 g/mol. The quantitative estimate of drug-likeness (QED) is 0.103. The number of anilines is 1. The fraction of sp³-hybridized carbons (Fsp3) is 0.100. The first-order chi connectivity index (χ1) is 19.6. The van der Waals surface area contributed by atoms with Gasteiger partial charge in [-0.05, 0) is 98.3 Å². The van der Waals surface area contributed by atoms with Crippen LogP contribution in [-0.4, -0.2) is 33.1 Å². The predicted octanol–water partition coefficient (Wildman–Crippen LogP) is 5.83. The Morgan fingerprint density at radius 3 is 2.20 bits per heavy atom. The van der Waals surface area contributed by atoms with Gasteiger partial charge in [-0.1, -0.05) is 29.3 Å². The van der Waals surface area contributed by atoms with E-state index in [2.05, 4.69) is 15.2 Å². The van der Waals surface area contributed by atoms with Crippen LogP contribution >= 0.6 is 11.6 Å². The van der Waals surface area contributed by atoms with Crippen molar-refractivity contribution in [1.29, 1.82) is 0 Å². The summed E-state index contributed by atoms with van der Waals surface area (Å²) in [4.78, 5) is 25.2. The van der Waals surface area contributed by atoms with Crippen LogP contribution in [0.25, 0.3) is 0 Å². The molecular weight excluding hydrogens is 566 g/mol. The highest BCUT2D eigenvalue weighted by Gasteiger charge is 2.15. The number of amides is 1. The molecule has 2 N–H and O–H groups in total. The Balaban J connectivity index is 1.37. The number of carbonyl (C=O) groups is 2. The second kappa shape index (κ2) is 13.1. The molecule has 0 atom stereocenters. The van der Waals surface area contributed by atoms with Gasteiger partial charge in [0.05, 0.1) is 23.3 Å². The molecule has 210 valence electrons. The molecule has 0 bridgehead atoms. The molecule has 41 heavy (non-hydrogen) atoms. The summed E-state index contributed by atoms with van der Waals surface area (Å²) < 4.78 is 38.7. The number of rotatable bonds is 10. The summed E-state index contributed by atoms with van der Waals surface area (Å²) in [5.41, 5.74) is 4.88. The Morgan fingerprint density at radius 2 is 1.54 bits per heavy atom. The Labute approximate surface area is 242 Å². The van der Waals surface area contributed by atoms with Gasteiger partial charge in [0.1, 0.15) is 0 Å². The summed E-state index contributed by atoms with van der Waals surface area (Å²) in [6.07, 6.45) is 1.41. The minimum Gasteiger partial charge on any atom is -0.490 e. The van der Waals surface area contributed by atoms with Crippen molar-refractivity contribution in [2.24, 2.45) is 5.10 Å². The molecule has 0 spiro atoms. The molecule has 0 unspecified atom stereocenters. The molecule has 4 rings (SSSR count). The molecule has 1 amide bonds.